The van der Waals surface area contributed by atoms with Crippen LogP contribution in [0.25, 0.3) is 16.5 Å². The molecule has 0 amide bonds. The monoisotopic (exact) mass is 443 g/mol. The van der Waals surface area contributed by atoms with Gasteiger partial charge in [0.25, 0.3) is 0 Å². The predicted molar refractivity (Wildman–Crippen MR) is 117 cm³/mol. The van der Waals surface area contributed by atoms with Crippen LogP contribution in [0.4, 0.5) is 0 Å². The fraction of sp³-hybridized carbons (Fsp3) is 0.200. The first-order valence-corrected chi connectivity index (χ1v) is 11.1. The van der Waals surface area contributed by atoms with Crippen molar-refractivity contribution < 1.29 is 4.79 Å². The fourth-order valence-corrected chi connectivity index (χ4v) is 4.84. The third-order valence-electron chi connectivity index (χ3n) is 4.61. The van der Waals surface area contributed by atoms with Gasteiger partial charge < -0.3 is 4.57 Å². The molecule has 0 radical (unpaired) electrons. The summed E-state index contributed by atoms with van der Waals surface area (Å²) in [6.07, 6.45) is 1.77. The molecule has 0 aliphatic rings. The number of ketones is 1. The van der Waals surface area contributed by atoms with E-state index in [9.17, 15) is 4.79 Å². The topological polar surface area (TPSA) is 65.6 Å². The molecule has 0 atom stereocenters. The highest BCUT2D eigenvalue weighted by Gasteiger charge is 2.19. The first-order valence-electron chi connectivity index (χ1n) is 8.86. The van der Waals surface area contributed by atoms with E-state index in [0.717, 1.165) is 27.9 Å². The summed E-state index contributed by atoms with van der Waals surface area (Å²) in [5.74, 6) is 1.08. The van der Waals surface area contributed by atoms with Gasteiger partial charge in [-0.25, -0.2) is 4.98 Å². The van der Waals surface area contributed by atoms with Gasteiger partial charge in [-0.3, -0.25) is 9.36 Å². The van der Waals surface area contributed by atoms with Crippen LogP contribution in [-0.2, 0) is 7.05 Å². The zero-order valence-corrected chi connectivity index (χ0v) is 18.5. The molecule has 0 aliphatic heterocycles. The number of halogens is 1. The normalized spacial score (nSPS) is 11.2. The van der Waals surface area contributed by atoms with Gasteiger partial charge in [0.1, 0.15) is 0 Å². The maximum absolute atomic E-state index is 12.9. The van der Waals surface area contributed by atoms with Crippen molar-refractivity contribution in [3.05, 3.63) is 63.9 Å². The number of hydrogen-bond acceptors (Lipinski definition) is 6. The lowest BCUT2D eigenvalue weighted by molar-refractivity contribution is 0.102. The summed E-state index contributed by atoms with van der Waals surface area (Å²) in [5, 5.41) is 12.7. The molecule has 0 saturated carbocycles. The van der Waals surface area contributed by atoms with Crippen LogP contribution in [-0.4, -0.2) is 35.9 Å². The Morgan fingerprint density at radius 1 is 1.21 bits per heavy atom. The third-order valence-corrected chi connectivity index (χ3v) is 6.64. The summed E-state index contributed by atoms with van der Waals surface area (Å²) < 4.78 is 3.91. The van der Waals surface area contributed by atoms with E-state index >= 15 is 0 Å². The van der Waals surface area contributed by atoms with Gasteiger partial charge in [0, 0.05) is 46.2 Å². The van der Waals surface area contributed by atoms with Gasteiger partial charge in [0.2, 0.25) is 0 Å². The van der Waals surface area contributed by atoms with Gasteiger partial charge in [0.15, 0.2) is 21.9 Å². The molecule has 29 heavy (non-hydrogen) atoms. The van der Waals surface area contributed by atoms with Gasteiger partial charge in [-0.1, -0.05) is 23.4 Å². The van der Waals surface area contributed by atoms with Crippen molar-refractivity contribution in [2.45, 2.75) is 19.0 Å². The molecule has 6 nitrogen and oxygen atoms in total. The summed E-state index contributed by atoms with van der Waals surface area (Å²) in [6, 6.07) is 9.37. The summed E-state index contributed by atoms with van der Waals surface area (Å²) in [7, 11) is 1.89. The molecule has 0 aliphatic carbocycles. The number of carbonyl (C=O) groups is 1. The van der Waals surface area contributed by atoms with Crippen LogP contribution in [0.5, 0.6) is 0 Å². The lowest BCUT2D eigenvalue weighted by Gasteiger charge is -2.06. The zero-order valence-electron chi connectivity index (χ0n) is 16.1. The van der Waals surface area contributed by atoms with Crippen molar-refractivity contribution in [3.63, 3.8) is 0 Å². The smallest absolute Gasteiger partial charge is 0.193 e. The molecular formula is C20H18ClN5OS2. The standard InChI is InChI=1S/C20H18ClN5OS2/c1-12-10-16(13(2)26(12)19-22-8-9-28-19)17(27)11-29-20-24-23-18(25(20)3)14-4-6-15(21)7-5-14/h4-10H,11H2,1-3H3. The van der Waals surface area contributed by atoms with Gasteiger partial charge in [0.05, 0.1) is 5.75 Å². The summed E-state index contributed by atoms with van der Waals surface area (Å²) in [6.45, 7) is 3.94. The molecule has 148 valence electrons. The average molecular weight is 444 g/mol. The van der Waals surface area contributed by atoms with Gasteiger partial charge in [-0.05, 0) is 44.2 Å². The Morgan fingerprint density at radius 2 is 1.97 bits per heavy atom. The largest absolute Gasteiger partial charge is 0.305 e. The first kappa shape index (κ1) is 19.9. The van der Waals surface area contributed by atoms with Crippen LogP contribution in [0.2, 0.25) is 5.02 Å². The molecular weight excluding hydrogens is 426 g/mol. The molecule has 0 unspecified atom stereocenters. The van der Waals surface area contributed by atoms with E-state index in [0.29, 0.717) is 15.7 Å². The van der Waals surface area contributed by atoms with Crippen molar-refractivity contribution in [1.29, 1.82) is 0 Å². The minimum absolute atomic E-state index is 0.0574. The summed E-state index contributed by atoms with van der Waals surface area (Å²) in [4.78, 5) is 17.2. The predicted octanol–water partition coefficient (Wildman–Crippen LogP) is 4.97. The SMILES string of the molecule is Cc1cc(C(=O)CSc2nnc(-c3ccc(Cl)cc3)n2C)c(C)n1-c1nccs1. The molecule has 0 spiro atoms. The van der Waals surface area contributed by atoms with Crippen LogP contribution >= 0.6 is 34.7 Å². The molecule has 4 rings (SSSR count). The third kappa shape index (κ3) is 3.88. The Balaban J connectivity index is 1.51. The quantitative estimate of drug-likeness (QED) is 0.311. The van der Waals surface area contributed by atoms with E-state index in [1.807, 2.05) is 65.7 Å². The van der Waals surface area contributed by atoms with Crippen LogP contribution in [0.15, 0.2) is 47.1 Å². The Hall–Kier alpha value is -2.42. The fourth-order valence-electron chi connectivity index (χ4n) is 3.16. The van der Waals surface area contributed by atoms with Crippen molar-refractivity contribution in [1.82, 2.24) is 24.3 Å². The molecule has 4 aromatic rings. The highest BCUT2D eigenvalue weighted by Crippen LogP contribution is 2.27. The Morgan fingerprint density at radius 3 is 2.66 bits per heavy atom. The van der Waals surface area contributed by atoms with Crippen molar-refractivity contribution in [2.24, 2.45) is 7.05 Å². The average Bonchev–Trinajstić information content (AvgIpc) is 3.41. The number of carbonyl (C=O) groups excluding carboxylic acids is 1. The number of thiazole rings is 1. The van der Waals surface area contributed by atoms with Crippen molar-refractivity contribution in [2.75, 3.05) is 5.75 Å². The van der Waals surface area contributed by atoms with E-state index in [2.05, 4.69) is 15.2 Å². The van der Waals surface area contributed by atoms with Gasteiger partial charge >= 0.3 is 0 Å². The van der Waals surface area contributed by atoms with Gasteiger partial charge in [-0.15, -0.1) is 21.5 Å². The van der Waals surface area contributed by atoms with Crippen LogP contribution in [0.1, 0.15) is 21.7 Å². The maximum Gasteiger partial charge on any atom is 0.193 e. The van der Waals surface area contributed by atoms with E-state index in [1.54, 1.807) is 17.5 Å². The van der Waals surface area contributed by atoms with Crippen LogP contribution in [0.3, 0.4) is 0 Å². The Bertz CT molecular complexity index is 1160. The molecule has 3 heterocycles. The molecule has 0 bridgehead atoms. The summed E-state index contributed by atoms with van der Waals surface area (Å²) in [5.41, 5.74) is 3.54. The van der Waals surface area contributed by atoms with E-state index in [1.165, 1.54) is 11.8 Å². The zero-order chi connectivity index (χ0) is 20.5. The van der Waals surface area contributed by atoms with E-state index in [4.69, 9.17) is 11.6 Å². The minimum atomic E-state index is 0.0574. The molecule has 0 N–H and O–H groups in total. The molecule has 0 fully saturated rings. The summed E-state index contributed by atoms with van der Waals surface area (Å²) >= 11 is 8.89. The van der Waals surface area contributed by atoms with Crippen molar-refractivity contribution in [3.8, 4) is 16.5 Å². The van der Waals surface area contributed by atoms with Crippen LogP contribution in [0, 0.1) is 13.8 Å². The number of nitrogens with zero attached hydrogens (tertiary/aromatic N) is 5. The second-order valence-electron chi connectivity index (χ2n) is 6.52. The van der Waals surface area contributed by atoms with E-state index < -0.39 is 0 Å². The maximum atomic E-state index is 12.9. The Labute approximate surface area is 181 Å². The highest BCUT2D eigenvalue weighted by molar-refractivity contribution is 7.99. The molecule has 1 aromatic carbocycles. The molecule has 9 heteroatoms. The molecule has 3 aromatic heterocycles. The minimum Gasteiger partial charge on any atom is -0.305 e. The number of thioether (sulfide) groups is 1. The van der Waals surface area contributed by atoms with Crippen molar-refractivity contribution >= 4 is 40.5 Å². The Kier molecular flexibility index (Phi) is 5.58. The number of benzene rings is 1. The number of aromatic nitrogens is 5. The second-order valence-corrected chi connectivity index (χ2v) is 8.77. The lowest BCUT2D eigenvalue weighted by atomic mass is 10.2. The number of Topliss-reactive ketones (excluding diaryl/α,β-unsaturated/α-hetero) is 1. The van der Waals surface area contributed by atoms with Gasteiger partial charge in [-0.2, -0.15) is 0 Å². The highest BCUT2D eigenvalue weighted by atomic mass is 35.5. The lowest BCUT2D eigenvalue weighted by Crippen LogP contribution is -2.06. The number of hydrogen-bond donors (Lipinski definition) is 0. The number of aryl methyl sites for hydroxylation is 1. The second kappa shape index (κ2) is 8.14. The van der Waals surface area contributed by atoms with Crippen LogP contribution < -0.4 is 0 Å². The first-order chi connectivity index (χ1) is 14.0. The van der Waals surface area contributed by atoms with E-state index in [-0.39, 0.29) is 11.5 Å². The molecule has 0 saturated heterocycles. The number of rotatable bonds is 6.